The molecule has 0 aliphatic heterocycles. The van der Waals surface area contributed by atoms with Crippen LogP contribution in [0.5, 0.6) is 0 Å². The average molecular weight is 1440 g/mol. The van der Waals surface area contributed by atoms with E-state index in [1.54, 1.807) is 30.3 Å². The summed E-state index contributed by atoms with van der Waals surface area (Å²) in [6.45, 7) is 5.99. The van der Waals surface area contributed by atoms with Crippen molar-refractivity contribution < 1.29 is 95.4 Å². The number of unbranched alkanes of at least 4 members (excludes halogenated alkanes) is 6. The molecule has 1 atom stereocenters. The van der Waals surface area contributed by atoms with Crippen LogP contribution in [0.15, 0.2) is 60.7 Å². The van der Waals surface area contributed by atoms with Crippen LogP contribution in [0, 0.1) is 6.92 Å². The summed E-state index contributed by atoms with van der Waals surface area (Å²) >= 11 is 2.98. The monoisotopic (exact) mass is 1440 g/mol. The zero-order valence-electron chi connectivity index (χ0n) is 46.2. The molecule has 37 heteroatoms. The van der Waals surface area contributed by atoms with E-state index in [0.29, 0.717) is 67.1 Å². The van der Waals surface area contributed by atoms with Gasteiger partial charge in [-0.1, -0.05) is 81.8 Å². The first-order valence-corrected chi connectivity index (χ1v) is 39.4. The number of aryl methyl sites for hydroxylation is 1. The molecular formula is C49H52F6O16S3Si12. The van der Waals surface area contributed by atoms with Gasteiger partial charge in [0.25, 0.3) is 0 Å². The van der Waals surface area contributed by atoms with Crippen molar-refractivity contribution in [2.24, 2.45) is 0 Å². The van der Waals surface area contributed by atoms with Gasteiger partial charge in [0.15, 0.2) is 0 Å². The molecule has 452 valence electrons. The number of thiophene rings is 3. The Hall–Kier alpha value is -1.82. The lowest BCUT2D eigenvalue weighted by molar-refractivity contribution is -0.254. The quantitative estimate of drug-likeness (QED) is 0.0153. The Labute approximate surface area is 537 Å². The van der Waals surface area contributed by atoms with Gasteiger partial charge in [0, 0.05) is 64.3 Å². The highest BCUT2D eigenvalue weighted by atomic mass is 32.1. The molecule has 7 rings (SSSR count). The summed E-state index contributed by atoms with van der Waals surface area (Å²) in [5.74, 6) is -17.3. The van der Waals surface area contributed by atoms with Gasteiger partial charge in [0.2, 0.25) is 19.5 Å². The van der Waals surface area contributed by atoms with Crippen LogP contribution in [0.2, 0.25) is 12.1 Å². The highest BCUT2D eigenvalue weighted by Gasteiger charge is 2.81. The van der Waals surface area contributed by atoms with Crippen molar-refractivity contribution in [3.05, 3.63) is 81.5 Å². The van der Waals surface area contributed by atoms with E-state index >= 15 is 26.3 Å². The third-order valence-corrected chi connectivity index (χ3v) is 25.1. The van der Waals surface area contributed by atoms with Gasteiger partial charge >= 0.3 is 130 Å². The van der Waals surface area contributed by atoms with Crippen molar-refractivity contribution >= 4 is 217 Å². The zero-order valence-corrected chi connectivity index (χ0v) is 60.6. The summed E-state index contributed by atoms with van der Waals surface area (Å²) in [7, 11) is -1.37. The van der Waals surface area contributed by atoms with Gasteiger partial charge in [-0.2, -0.15) is 26.3 Å². The first-order valence-electron chi connectivity index (χ1n) is 26.6. The van der Waals surface area contributed by atoms with Gasteiger partial charge in [0.1, 0.15) is 12.7 Å². The van der Waals surface area contributed by atoms with Crippen molar-refractivity contribution in [3.63, 3.8) is 0 Å². The fourth-order valence-electron chi connectivity index (χ4n) is 8.64. The zero-order chi connectivity index (χ0) is 61.2. The van der Waals surface area contributed by atoms with E-state index in [9.17, 15) is 9.59 Å². The predicted molar refractivity (Wildman–Crippen MR) is 326 cm³/mol. The number of carbonyl (C=O) groups excluding carboxylic acids is 2. The van der Waals surface area contributed by atoms with Crippen LogP contribution in [0.3, 0.4) is 0 Å². The van der Waals surface area contributed by atoms with Gasteiger partial charge in [0.05, 0.1) is 17.8 Å². The molecule has 3 aromatic heterocycles. The molecule has 0 saturated carbocycles. The number of ether oxygens (including phenoxy) is 3. The third-order valence-electron chi connectivity index (χ3n) is 12.6. The number of rotatable bonds is 45. The summed E-state index contributed by atoms with van der Waals surface area (Å²) in [6, 6.07) is 19.5. The second-order valence-electron chi connectivity index (χ2n) is 18.4. The minimum Gasteiger partial charge on any atom is -0.463 e. The highest BCUT2D eigenvalue weighted by molar-refractivity contribution is 7.26. The van der Waals surface area contributed by atoms with Gasteiger partial charge in [-0.3, -0.25) is 9.59 Å². The molecule has 0 saturated heterocycles. The summed E-state index contributed by atoms with van der Waals surface area (Å²) < 4.78 is 174. The Bertz CT molecular complexity index is 3100. The second kappa shape index (κ2) is 37.6. The molecule has 0 amide bonds. The first-order chi connectivity index (χ1) is 41.7. The normalized spacial score (nSPS) is 15.1. The average Bonchev–Trinajstić information content (AvgIpc) is 1.54. The second-order valence-corrected chi connectivity index (χ2v) is 33.8. The number of esters is 2. The number of hydrogen-bond acceptors (Lipinski definition) is 19. The standard InChI is InChI=1S/C49H52F6O16S3Si12/c1-4-5-26-75-61-77-63-79-65-81-67-83-69-85-71-86-70-84-68-82-66-80-64-78-62-76-27-16-23-58-24-25-59-40(56)21-10-8-6-7-9-11-22-41(57)60-31(3)42-33-18-13-15-20-37(33)73-46(42)44-43(47(50,51)49(54,55)48(44,52)53)45-30(2)34-28-35-32-17-12-14-19-36(32)72-39(35)29-38(34)74-45/h12-15,17-20,28-29,31H,4-11,16,21-27H2,1-3H3/t31-/m0/s1. The number of halogens is 6. The molecule has 3 aromatic carbocycles. The van der Waals surface area contributed by atoms with Gasteiger partial charge in [-0.15, -0.1) is 34.0 Å². The van der Waals surface area contributed by atoms with Crippen LogP contribution in [0.1, 0.15) is 111 Å². The minimum absolute atomic E-state index is 0.0134. The number of carbonyl (C=O) groups is 2. The number of benzene rings is 3. The van der Waals surface area contributed by atoms with E-state index in [2.05, 4.69) is 6.92 Å². The van der Waals surface area contributed by atoms with Crippen molar-refractivity contribution in [1.29, 1.82) is 0 Å². The first kappa shape index (κ1) is 71.6. The number of hydrogen-bond donors (Lipinski definition) is 0. The minimum atomic E-state index is -5.77. The molecule has 1 aliphatic rings. The Kier molecular flexibility index (Phi) is 31.3. The fourth-order valence-corrected chi connectivity index (χ4v) is 21.2. The van der Waals surface area contributed by atoms with Gasteiger partial charge in [-0.25, -0.2) is 0 Å². The SMILES string of the molecule is CCCC[Si]O[Si]O[Si]O[Si]O[Si]O[Si]O[Si]O[Si]O[Si]O[Si]O[Si]O[Si]CCCOCCOC(=O)CCCCCCCCC(=O)O[C@@H](C)c1c(C2=C(c3sc4cc5sc6ccccc6c5cc4c3C)C(F)(F)C(F)(F)C2(F)F)sc2ccccc12. The van der Waals surface area contributed by atoms with Crippen LogP contribution >= 0.6 is 34.0 Å². The van der Waals surface area contributed by atoms with E-state index < -0.39 is 45.9 Å². The van der Waals surface area contributed by atoms with Gasteiger partial charge in [-0.05, 0) is 85.8 Å². The molecule has 86 heavy (non-hydrogen) atoms. The molecule has 0 bridgehead atoms. The smallest absolute Gasteiger partial charge is 0.412 e. The maximum absolute atomic E-state index is 16.4. The topological polar surface area (TPSA) is 163 Å². The molecule has 0 N–H and O–H groups in total. The van der Waals surface area contributed by atoms with E-state index in [1.807, 2.05) is 30.3 Å². The van der Waals surface area contributed by atoms with E-state index in [1.165, 1.54) is 25.2 Å². The van der Waals surface area contributed by atoms with Crippen molar-refractivity contribution in [3.8, 4) is 0 Å². The number of fused-ring (bicyclic) bond motifs is 5. The van der Waals surface area contributed by atoms with Crippen LogP contribution in [0.25, 0.3) is 51.5 Å². The Morgan fingerprint density at radius 3 is 1.52 bits per heavy atom. The lowest BCUT2D eigenvalue weighted by atomic mass is 9.96. The number of allylic oxidation sites excluding steroid dienone is 2. The largest absolute Gasteiger partial charge is 0.463 e. The predicted octanol–water partition coefficient (Wildman–Crippen LogP) is 10.7. The molecule has 6 aromatic rings. The summed E-state index contributed by atoms with van der Waals surface area (Å²) in [6.07, 6.45) is 6.15. The van der Waals surface area contributed by atoms with Crippen LogP contribution in [-0.2, 0) is 69.1 Å². The molecular weight excluding hydrogens is 1390 g/mol. The maximum atomic E-state index is 16.4. The van der Waals surface area contributed by atoms with Crippen LogP contribution in [-0.4, -0.2) is 169 Å². The Morgan fingerprint density at radius 2 is 0.953 bits per heavy atom. The summed E-state index contributed by atoms with van der Waals surface area (Å²) in [4.78, 5) is 24.7. The molecule has 16 nitrogen and oxygen atoms in total. The third kappa shape index (κ3) is 20.3. The molecule has 0 spiro atoms. The lowest BCUT2D eigenvalue weighted by Crippen LogP contribution is -2.48. The Balaban J connectivity index is 0.698. The lowest BCUT2D eigenvalue weighted by Gasteiger charge is -2.26. The van der Waals surface area contributed by atoms with E-state index in [4.69, 9.17) is 59.5 Å². The molecule has 3 heterocycles. The van der Waals surface area contributed by atoms with E-state index in [0.717, 1.165) is 82.1 Å². The fraction of sp³-hybridized carbons (Fsp3) is 0.469. The molecule has 0 fully saturated rings. The number of alkyl halides is 6. The maximum Gasteiger partial charge on any atom is 0.412 e. The van der Waals surface area contributed by atoms with E-state index in [-0.39, 0.29) is 158 Å². The molecule has 1 aliphatic carbocycles. The Morgan fingerprint density at radius 1 is 0.488 bits per heavy atom. The van der Waals surface area contributed by atoms with Crippen molar-refractivity contribution in [2.75, 3.05) is 19.8 Å². The molecule has 0 unspecified atom stereocenters. The van der Waals surface area contributed by atoms with Crippen LogP contribution in [0.4, 0.5) is 26.3 Å². The van der Waals surface area contributed by atoms with Crippen LogP contribution < -0.4 is 0 Å². The molecule has 24 radical (unpaired) electrons. The van der Waals surface area contributed by atoms with Gasteiger partial charge < -0.3 is 59.5 Å². The highest BCUT2D eigenvalue weighted by Crippen LogP contribution is 2.67. The summed E-state index contributed by atoms with van der Waals surface area (Å²) in [5.41, 5.74) is -2.72. The summed E-state index contributed by atoms with van der Waals surface area (Å²) in [5, 5.41) is 2.62. The van der Waals surface area contributed by atoms with Crippen molar-refractivity contribution in [2.45, 2.75) is 127 Å². The van der Waals surface area contributed by atoms with Crippen molar-refractivity contribution in [1.82, 2.24) is 0 Å².